The van der Waals surface area contributed by atoms with Crippen molar-refractivity contribution in [3.8, 4) is 0 Å². The number of amides is 2. The van der Waals surface area contributed by atoms with Crippen LogP contribution in [0.4, 0.5) is 5.69 Å². The monoisotopic (exact) mass is 357 g/mol. The normalized spacial score (nSPS) is 17.3. The number of carbonyl (C=O) groups excluding carboxylic acids is 2. The molecule has 0 unspecified atom stereocenters. The van der Waals surface area contributed by atoms with Gasteiger partial charge in [-0.05, 0) is 41.6 Å². The maximum absolute atomic E-state index is 12.1. The van der Waals surface area contributed by atoms with Crippen LogP contribution in [0.25, 0.3) is 6.08 Å². The molecule has 0 radical (unpaired) electrons. The Morgan fingerprint density at radius 1 is 1.17 bits per heavy atom. The predicted octanol–water partition coefficient (Wildman–Crippen LogP) is 3.33. The first-order valence-corrected chi connectivity index (χ1v) is 8.17. The molecule has 2 aromatic carbocycles. The van der Waals surface area contributed by atoms with Gasteiger partial charge >= 0.3 is 0 Å². The molecule has 5 nitrogen and oxygen atoms in total. The molecule has 7 heteroatoms. The zero-order valence-electron chi connectivity index (χ0n) is 12.3. The van der Waals surface area contributed by atoms with E-state index in [0.29, 0.717) is 26.3 Å². The van der Waals surface area contributed by atoms with Crippen molar-refractivity contribution < 1.29 is 9.59 Å². The molecule has 0 aliphatic carbocycles. The number of rotatable bonds is 3. The van der Waals surface area contributed by atoms with E-state index in [2.05, 4.69) is 10.3 Å². The van der Waals surface area contributed by atoms with Crippen molar-refractivity contribution in [2.24, 2.45) is 10.7 Å². The maximum atomic E-state index is 12.1. The Hall–Kier alpha value is -2.57. The molecule has 0 spiro atoms. The smallest absolute Gasteiger partial charge is 0.264 e. The quantitative estimate of drug-likeness (QED) is 0.826. The van der Waals surface area contributed by atoms with Gasteiger partial charge < -0.3 is 11.1 Å². The zero-order valence-corrected chi connectivity index (χ0v) is 13.9. The van der Waals surface area contributed by atoms with Crippen LogP contribution in [-0.4, -0.2) is 17.0 Å². The minimum Gasteiger partial charge on any atom is -0.366 e. The van der Waals surface area contributed by atoms with Gasteiger partial charge in [-0.25, -0.2) is 4.99 Å². The highest BCUT2D eigenvalue weighted by atomic mass is 35.5. The van der Waals surface area contributed by atoms with Crippen molar-refractivity contribution in [2.45, 2.75) is 0 Å². The molecular weight excluding hydrogens is 346 g/mol. The Morgan fingerprint density at radius 3 is 2.62 bits per heavy atom. The van der Waals surface area contributed by atoms with Crippen LogP contribution in [0.5, 0.6) is 0 Å². The third-order valence-corrected chi connectivity index (χ3v) is 4.49. The lowest BCUT2D eigenvalue weighted by atomic mass is 10.2. The number of hydrogen-bond acceptors (Lipinski definition) is 4. The molecule has 1 saturated heterocycles. The molecule has 2 aromatic rings. The molecular formula is C17H12ClN3O2S. The van der Waals surface area contributed by atoms with E-state index in [9.17, 15) is 9.59 Å². The molecule has 120 valence electrons. The SMILES string of the molecule is NC(=O)c1ccccc1N=C1NC(=O)/C(=C/c2ccccc2Cl)S1. The van der Waals surface area contributed by atoms with Crippen molar-refractivity contribution in [3.05, 3.63) is 69.6 Å². The molecule has 1 aliphatic rings. The number of para-hydroxylation sites is 1. The lowest BCUT2D eigenvalue weighted by Gasteiger charge is -2.01. The van der Waals surface area contributed by atoms with Gasteiger partial charge in [-0.15, -0.1) is 0 Å². The van der Waals surface area contributed by atoms with E-state index in [0.717, 1.165) is 5.56 Å². The summed E-state index contributed by atoms with van der Waals surface area (Å²) in [5, 5.41) is 3.61. The van der Waals surface area contributed by atoms with Crippen LogP contribution in [0.3, 0.4) is 0 Å². The highest BCUT2D eigenvalue weighted by Crippen LogP contribution is 2.30. The van der Waals surface area contributed by atoms with Gasteiger partial charge in [0.15, 0.2) is 5.17 Å². The highest BCUT2D eigenvalue weighted by Gasteiger charge is 2.24. The Labute approximate surface area is 147 Å². The number of primary amides is 1. The molecule has 1 heterocycles. The van der Waals surface area contributed by atoms with E-state index in [-0.39, 0.29) is 5.91 Å². The van der Waals surface area contributed by atoms with Gasteiger partial charge in [0, 0.05) is 5.02 Å². The Morgan fingerprint density at radius 2 is 1.88 bits per heavy atom. The summed E-state index contributed by atoms with van der Waals surface area (Å²) in [6, 6.07) is 13.9. The Balaban J connectivity index is 1.91. The van der Waals surface area contributed by atoms with E-state index in [4.69, 9.17) is 17.3 Å². The first-order chi connectivity index (χ1) is 11.5. The minimum atomic E-state index is -0.573. The zero-order chi connectivity index (χ0) is 17.1. The van der Waals surface area contributed by atoms with Crippen molar-refractivity contribution in [2.75, 3.05) is 0 Å². The number of hydrogen-bond donors (Lipinski definition) is 2. The summed E-state index contributed by atoms with van der Waals surface area (Å²) in [6.07, 6.45) is 1.70. The van der Waals surface area contributed by atoms with E-state index in [1.165, 1.54) is 11.8 Å². The molecule has 2 amide bonds. The maximum Gasteiger partial charge on any atom is 0.264 e. The van der Waals surface area contributed by atoms with Gasteiger partial charge in [-0.1, -0.05) is 41.9 Å². The van der Waals surface area contributed by atoms with Gasteiger partial charge in [-0.3, -0.25) is 9.59 Å². The highest BCUT2D eigenvalue weighted by molar-refractivity contribution is 8.18. The first-order valence-electron chi connectivity index (χ1n) is 6.97. The lowest BCUT2D eigenvalue weighted by Crippen LogP contribution is -2.19. The molecule has 0 saturated carbocycles. The van der Waals surface area contributed by atoms with E-state index in [1.807, 2.05) is 18.2 Å². The fourth-order valence-corrected chi connectivity index (χ4v) is 3.12. The predicted molar refractivity (Wildman–Crippen MR) is 97.2 cm³/mol. The largest absolute Gasteiger partial charge is 0.366 e. The summed E-state index contributed by atoms with van der Waals surface area (Å²) >= 11 is 7.28. The summed E-state index contributed by atoms with van der Waals surface area (Å²) in [5.41, 5.74) is 6.78. The topological polar surface area (TPSA) is 84.6 Å². The molecule has 0 bridgehead atoms. The first kappa shape index (κ1) is 16.3. The number of nitrogens with two attached hydrogens (primary N) is 1. The molecule has 0 aromatic heterocycles. The van der Waals surface area contributed by atoms with Gasteiger partial charge in [0.2, 0.25) is 0 Å². The minimum absolute atomic E-state index is 0.268. The Kier molecular flexibility index (Phi) is 4.69. The summed E-state index contributed by atoms with van der Waals surface area (Å²) in [6.45, 7) is 0. The average Bonchev–Trinajstić information content (AvgIpc) is 2.89. The van der Waals surface area contributed by atoms with Crippen LogP contribution in [0.1, 0.15) is 15.9 Å². The number of aliphatic imine (C=N–C) groups is 1. The fourth-order valence-electron chi connectivity index (χ4n) is 2.10. The second kappa shape index (κ2) is 6.90. The number of thioether (sulfide) groups is 1. The number of amidine groups is 1. The van der Waals surface area contributed by atoms with Crippen LogP contribution in [0.15, 0.2) is 58.4 Å². The van der Waals surface area contributed by atoms with Gasteiger partial charge in [-0.2, -0.15) is 0 Å². The standard InChI is InChI=1S/C17H12ClN3O2S/c18-12-7-3-1-5-10(12)9-14-16(23)21-17(24-14)20-13-8-4-2-6-11(13)15(19)22/h1-9H,(H2,19,22)(H,20,21,23)/b14-9-. The number of nitrogens with one attached hydrogen (secondary N) is 1. The van der Waals surface area contributed by atoms with Crippen molar-refractivity contribution in [3.63, 3.8) is 0 Å². The van der Waals surface area contributed by atoms with Crippen LogP contribution in [-0.2, 0) is 4.79 Å². The summed E-state index contributed by atoms with van der Waals surface area (Å²) in [5.74, 6) is -0.841. The summed E-state index contributed by atoms with van der Waals surface area (Å²) in [4.78, 5) is 28.3. The fraction of sp³-hybridized carbons (Fsp3) is 0. The number of carbonyl (C=O) groups is 2. The van der Waals surface area contributed by atoms with Crippen LogP contribution < -0.4 is 11.1 Å². The summed E-state index contributed by atoms with van der Waals surface area (Å²) in [7, 11) is 0. The van der Waals surface area contributed by atoms with Crippen molar-refractivity contribution in [1.82, 2.24) is 5.32 Å². The molecule has 3 rings (SSSR count). The Bertz CT molecular complexity index is 893. The molecule has 1 aliphatic heterocycles. The second-order valence-corrected chi connectivity index (χ2v) is 6.32. The van der Waals surface area contributed by atoms with E-state index in [1.54, 1.807) is 36.4 Å². The van der Waals surface area contributed by atoms with E-state index >= 15 is 0 Å². The molecule has 24 heavy (non-hydrogen) atoms. The van der Waals surface area contributed by atoms with Crippen LogP contribution in [0, 0.1) is 0 Å². The third-order valence-electron chi connectivity index (χ3n) is 3.23. The average molecular weight is 358 g/mol. The van der Waals surface area contributed by atoms with Crippen LogP contribution >= 0.6 is 23.4 Å². The number of halogens is 1. The lowest BCUT2D eigenvalue weighted by molar-refractivity contribution is -0.115. The second-order valence-electron chi connectivity index (χ2n) is 4.88. The molecule has 0 atom stereocenters. The van der Waals surface area contributed by atoms with Gasteiger partial charge in [0.05, 0.1) is 16.2 Å². The number of nitrogens with zero attached hydrogens (tertiary/aromatic N) is 1. The van der Waals surface area contributed by atoms with Crippen LogP contribution in [0.2, 0.25) is 5.02 Å². The van der Waals surface area contributed by atoms with E-state index < -0.39 is 5.91 Å². The van der Waals surface area contributed by atoms with Crippen molar-refractivity contribution in [1.29, 1.82) is 0 Å². The molecule has 1 fully saturated rings. The number of benzene rings is 2. The van der Waals surface area contributed by atoms with Crippen molar-refractivity contribution >= 4 is 52.1 Å². The van der Waals surface area contributed by atoms with Gasteiger partial charge in [0.1, 0.15) is 0 Å². The summed E-state index contributed by atoms with van der Waals surface area (Å²) < 4.78 is 0. The van der Waals surface area contributed by atoms with Gasteiger partial charge in [0.25, 0.3) is 11.8 Å². The third kappa shape index (κ3) is 3.50. The molecule has 3 N–H and O–H groups in total.